The molecular formula is C39H36ClN3O5S2. The van der Waals surface area contributed by atoms with E-state index in [0.717, 1.165) is 36.0 Å². The summed E-state index contributed by atoms with van der Waals surface area (Å²) < 4.78 is 12.5. The molecule has 0 aliphatic carbocycles. The first-order valence-electron chi connectivity index (χ1n) is 16.3. The smallest absolute Gasteiger partial charge is 0.301 e. The highest BCUT2D eigenvalue weighted by Crippen LogP contribution is 2.44. The summed E-state index contributed by atoms with van der Waals surface area (Å²) in [7, 11) is 0. The standard InChI is InChI=1S/C39H36ClN3O5S2/c1-3-4-9-22-47-30-18-14-26(15-19-30)34-33(35(44)27-16-20-31(21-17-27)48-23-28-11-6-5-10-25(28)2)36(45)37(46)43(34)38-41-42-39(50-38)49-24-29-12-7-8-13-32(29)40/h5-8,10-21,34,44H,3-4,9,22-24H2,1-2H3. The topological polar surface area (TPSA) is 102 Å². The van der Waals surface area contributed by atoms with Gasteiger partial charge in [-0.3, -0.25) is 14.5 Å². The van der Waals surface area contributed by atoms with Gasteiger partial charge < -0.3 is 14.6 Å². The van der Waals surface area contributed by atoms with Gasteiger partial charge in [0.05, 0.1) is 18.2 Å². The zero-order valence-corrected chi connectivity index (χ0v) is 30.1. The first-order valence-corrected chi connectivity index (χ1v) is 18.5. The number of carbonyl (C=O) groups is 2. The predicted molar refractivity (Wildman–Crippen MR) is 199 cm³/mol. The molecule has 1 aromatic heterocycles. The third-order valence-corrected chi connectivity index (χ3v) is 10.8. The van der Waals surface area contributed by atoms with Crippen LogP contribution >= 0.6 is 34.7 Å². The van der Waals surface area contributed by atoms with E-state index >= 15 is 0 Å². The number of hydrogen-bond donors (Lipinski definition) is 1. The Labute approximate surface area is 304 Å². The minimum Gasteiger partial charge on any atom is -0.507 e. The van der Waals surface area contributed by atoms with Gasteiger partial charge in [-0.1, -0.05) is 109 Å². The van der Waals surface area contributed by atoms with Crippen molar-refractivity contribution in [3.8, 4) is 11.5 Å². The molecule has 1 unspecified atom stereocenters. The van der Waals surface area contributed by atoms with Crippen molar-refractivity contribution in [3.63, 3.8) is 0 Å². The molecule has 5 aromatic rings. The molecule has 0 bridgehead atoms. The van der Waals surface area contributed by atoms with E-state index in [2.05, 4.69) is 17.1 Å². The van der Waals surface area contributed by atoms with Crippen LogP contribution in [0.25, 0.3) is 5.76 Å². The SMILES string of the molecule is CCCCCOc1ccc(C2C(=C(O)c3ccc(OCc4ccccc4C)cc3)C(=O)C(=O)N2c2nnc(SCc3ccccc3Cl)s2)cc1. The lowest BCUT2D eigenvalue weighted by Crippen LogP contribution is -2.29. The number of ketones is 1. The Morgan fingerprint density at radius 1 is 0.880 bits per heavy atom. The van der Waals surface area contributed by atoms with E-state index in [1.807, 2.05) is 79.7 Å². The molecule has 1 atom stereocenters. The Kier molecular flexibility index (Phi) is 11.5. The number of anilines is 1. The molecule has 1 fully saturated rings. The van der Waals surface area contributed by atoms with Gasteiger partial charge in [0, 0.05) is 16.3 Å². The quantitative estimate of drug-likeness (QED) is 0.0302. The third-order valence-electron chi connectivity index (χ3n) is 8.35. The van der Waals surface area contributed by atoms with Crippen LogP contribution in [0, 0.1) is 6.92 Å². The monoisotopic (exact) mass is 725 g/mol. The number of amides is 1. The molecule has 1 aliphatic rings. The molecule has 2 heterocycles. The van der Waals surface area contributed by atoms with Crippen LogP contribution in [-0.2, 0) is 21.9 Å². The number of nitrogens with zero attached hydrogens (tertiary/aromatic N) is 3. The number of benzene rings is 4. The summed E-state index contributed by atoms with van der Waals surface area (Å²) in [5.41, 5.74) is 4.09. The Balaban J connectivity index is 1.30. The van der Waals surface area contributed by atoms with Gasteiger partial charge in [0.1, 0.15) is 23.9 Å². The maximum Gasteiger partial charge on any atom is 0.301 e. The van der Waals surface area contributed by atoms with Gasteiger partial charge in [-0.25, -0.2) is 0 Å². The number of thioether (sulfide) groups is 1. The zero-order valence-electron chi connectivity index (χ0n) is 27.7. The minimum absolute atomic E-state index is 0.0411. The Morgan fingerprint density at radius 3 is 2.28 bits per heavy atom. The van der Waals surface area contributed by atoms with Crippen LogP contribution < -0.4 is 14.4 Å². The van der Waals surface area contributed by atoms with Crippen LogP contribution in [0.4, 0.5) is 5.13 Å². The molecule has 50 heavy (non-hydrogen) atoms. The molecule has 0 spiro atoms. The number of hydrogen-bond acceptors (Lipinski definition) is 9. The number of rotatable bonds is 14. The Hall–Kier alpha value is -4.64. The van der Waals surface area contributed by atoms with Crippen LogP contribution in [0.15, 0.2) is 107 Å². The van der Waals surface area contributed by atoms with Gasteiger partial charge in [0.15, 0.2) is 4.34 Å². The number of aromatic nitrogens is 2. The van der Waals surface area contributed by atoms with Crippen LogP contribution in [0.3, 0.4) is 0 Å². The normalized spacial score (nSPS) is 15.4. The van der Waals surface area contributed by atoms with Crippen molar-refractivity contribution in [2.24, 2.45) is 0 Å². The summed E-state index contributed by atoms with van der Waals surface area (Å²) >= 11 is 8.98. The van der Waals surface area contributed by atoms with E-state index in [9.17, 15) is 14.7 Å². The number of aryl methyl sites for hydroxylation is 1. The number of carbonyl (C=O) groups excluding carboxylic acids is 2. The largest absolute Gasteiger partial charge is 0.507 e. The third kappa shape index (κ3) is 8.04. The Morgan fingerprint density at radius 2 is 1.56 bits per heavy atom. The second-order valence-corrected chi connectivity index (χ2v) is 14.3. The van der Waals surface area contributed by atoms with Crippen LogP contribution in [0.1, 0.15) is 60.0 Å². The fraction of sp³-hybridized carbons (Fsp3) is 0.231. The molecule has 8 nitrogen and oxygen atoms in total. The number of Topliss-reactive ketones (excluding diaryl/α,β-unsaturated/α-hetero) is 1. The molecule has 1 aliphatic heterocycles. The fourth-order valence-electron chi connectivity index (χ4n) is 5.54. The Bertz CT molecular complexity index is 2000. The maximum absolute atomic E-state index is 13.7. The fourth-order valence-corrected chi connectivity index (χ4v) is 7.70. The second kappa shape index (κ2) is 16.4. The van der Waals surface area contributed by atoms with E-state index in [1.165, 1.54) is 28.0 Å². The lowest BCUT2D eigenvalue weighted by Gasteiger charge is -2.22. The van der Waals surface area contributed by atoms with Crippen molar-refractivity contribution in [2.75, 3.05) is 11.5 Å². The first kappa shape index (κ1) is 35.2. The van der Waals surface area contributed by atoms with E-state index in [4.69, 9.17) is 21.1 Å². The van der Waals surface area contributed by atoms with Gasteiger partial charge in [0.25, 0.3) is 5.78 Å². The molecule has 4 aromatic carbocycles. The summed E-state index contributed by atoms with van der Waals surface area (Å²) in [6.07, 6.45) is 3.12. The van der Waals surface area contributed by atoms with E-state index < -0.39 is 17.7 Å². The first-order chi connectivity index (χ1) is 24.3. The van der Waals surface area contributed by atoms with Crippen LogP contribution in [-0.4, -0.2) is 33.6 Å². The highest BCUT2D eigenvalue weighted by Gasteiger charge is 2.48. The average Bonchev–Trinajstić information content (AvgIpc) is 3.71. The number of ether oxygens (including phenoxy) is 2. The van der Waals surface area contributed by atoms with Crippen molar-refractivity contribution >= 4 is 57.3 Å². The van der Waals surface area contributed by atoms with Crippen molar-refractivity contribution in [1.29, 1.82) is 0 Å². The van der Waals surface area contributed by atoms with Crippen LogP contribution in [0.2, 0.25) is 5.02 Å². The number of unbranched alkanes of at least 4 members (excludes halogenated alkanes) is 2. The highest BCUT2D eigenvalue weighted by atomic mass is 35.5. The molecule has 1 N–H and O–H groups in total. The highest BCUT2D eigenvalue weighted by molar-refractivity contribution is 8.00. The molecule has 0 saturated carbocycles. The average molecular weight is 726 g/mol. The van der Waals surface area contributed by atoms with Crippen molar-refractivity contribution in [1.82, 2.24) is 10.2 Å². The van der Waals surface area contributed by atoms with E-state index in [0.29, 0.717) is 51.0 Å². The molecule has 0 radical (unpaired) electrons. The molecule has 1 saturated heterocycles. The van der Waals surface area contributed by atoms with E-state index in [1.54, 1.807) is 24.3 Å². The molecule has 11 heteroatoms. The lowest BCUT2D eigenvalue weighted by molar-refractivity contribution is -0.132. The van der Waals surface area contributed by atoms with Gasteiger partial charge in [-0.05, 0) is 78.1 Å². The minimum atomic E-state index is -0.949. The van der Waals surface area contributed by atoms with Gasteiger partial charge in [0.2, 0.25) is 5.13 Å². The predicted octanol–water partition coefficient (Wildman–Crippen LogP) is 9.57. The van der Waals surface area contributed by atoms with Gasteiger partial charge >= 0.3 is 5.91 Å². The number of aliphatic hydroxyl groups is 1. The zero-order chi connectivity index (χ0) is 35.0. The van der Waals surface area contributed by atoms with Crippen molar-refractivity contribution < 1.29 is 24.2 Å². The second-order valence-electron chi connectivity index (χ2n) is 11.8. The van der Waals surface area contributed by atoms with Gasteiger partial charge in [-0.2, -0.15) is 0 Å². The summed E-state index contributed by atoms with van der Waals surface area (Å²) in [5, 5.41) is 21.2. The summed E-state index contributed by atoms with van der Waals surface area (Å²) in [6, 6.07) is 28.7. The van der Waals surface area contributed by atoms with Gasteiger partial charge in [-0.15, -0.1) is 10.2 Å². The molecule has 256 valence electrons. The summed E-state index contributed by atoms with van der Waals surface area (Å²) in [5.74, 6) is -0.0644. The van der Waals surface area contributed by atoms with E-state index in [-0.39, 0.29) is 16.5 Å². The lowest BCUT2D eigenvalue weighted by atomic mass is 9.95. The van der Waals surface area contributed by atoms with Crippen LogP contribution in [0.5, 0.6) is 11.5 Å². The van der Waals surface area contributed by atoms with Crippen molar-refractivity contribution in [3.05, 3.63) is 135 Å². The summed E-state index contributed by atoms with van der Waals surface area (Å²) in [4.78, 5) is 28.8. The number of aliphatic hydroxyl groups excluding tert-OH is 1. The summed E-state index contributed by atoms with van der Waals surface area (Å²) in [6.45, 7) is 5.15. The molecular weight excluding hydrogens is 690 g/mol. The maximum atomic E-state index is 13.7. The number of halogens is 1. The molecule has 6 rings (SSSR count). The van der Waals surface area contributed by atoms with Crippen molar-refractivity contribution in [2.45, 2.75) is 55.9 Å². The molecule has 1 amide bonds.